The number of carbonyl (C=O) groups is 1. The van der Waals surface area contributed by atoms with Gasteiger partial charge in [0.05, 0.1) is 29.7 Å². The smallest absolute Gasteiger partial charge is 0.227 e. The maximum Gasteiger partial charge on any atom is 0.227 e. The van der Waals surface area contributed by atoms with Crippen molar-refractivity contribution in [1.29, 1.82) is 0 Å². The van der Waals surface area contributed by atoms with Crippen LogP contribution in [0.3, 0.4) is 0 Å². The van der Waals surface area contributed by atoms with Crippen molar-refractivity contribution >= 4 is 39.2 Å². The van der Waals surface area contributed by atoms with Crippen molar-refractivity contribution in [2.24, 2.45) is 5.73 Å². The highest BCUT2D eigenvalue weighted by Gasteiger charge is 2.17. The molecule has 0 radical (unpaired) electrons. The Hall–Kier alpha value is -2.39. The van der Waals surface area contributed by atoms with Crippen molar-refractivity contribution in [3.8, 4) is 22.8 Å². The molecule has 0 fully saturated rings. The van der Waals surface area contributed by atoms with E-state index in [1.54, 1.807) is 14.2 Å². The van der Waals surface area contributed by atoms with E-state index in [1.165, 1.54) is 23.1 Å². The van der Waals surface area contributed by atoms with E-state index in [1.807, 2.05) is 25.1 Å². The van der Waals surface area contributed by atoms with Crippen LogP contribution in [0.5, 0.6) is 11.5 Å². The van der Waals surface area contributed by atoms with Gasteiger partial charge in [0.1, 0.15) is 16.2 Å². The molecule has 0 atom stereocenters. The molecule has 0 aliphatic carbocycles. The second kappa shape index (κ2) is 7.24. The topological polar surface area (TPSA) is 100 Å². The van der Waals surface area contributed by atoms with Gasteiger partial charge in [-0.05, 0) is 25.1 Å². The van der Waals surface area contributed by atoms with Crippen LogP contribution in [0, 0.1) is 6.92 Å². The number of amides is 1. The SMILES string of the molecule is COc1ccc(-c2nnc(SCC(N)=O)c3nc(C)sc23)cc1OC. The molecule has 0 aliphatic rings. The summed E-state index contributed by atoms with van der Waals surface area (Å²) in [7, 11) is 3.18. The van der Waals surface area contributed by atoms with Crippen molar-refractivity contribution in [3.05, 3.63) is 23.2 Å². The predicted octanol–water partition coefficient (Wildman–Crippen LogP) is 2.66. The number of benzene rings is 1. The Balaban J connectivity index is 2.11. The molecule has 0 unspecified atom stereocenters. The number of methoxy groups -OCH3 is 2. The van der Waals surface area contributed by atoms with Gasteiger partial charge in [-0.25, -0.2) is 4.98 Å². The summed E-state index contributed by atoms with van der Waals surface area (Å²) in [5.41, 5.74) is 7.51. The number of aryl methyl sites for hydroxylation is 1. The number of thiazole rings is 1. The van der Waals surface area contributed by atoms with Crippen LogP contribution in [-0.2, 0) is 4.79 Å². The van der Waals surface area contributed by atoms with Gasteiger partial charge < -0.3 is 15.2 Å². The zero-order valence-electron chi connectivity index (χ0n) is 13.9. The fraction of sp³-hybridized carbons (Fsp3) is 0.250. The summed E-state index contributed by atoms with van der Waals surface area (Å²) in [6, 6.07) is 5.58. The number of aromatic nitrogens is 3. The third-order valence-electron chi connectivity index (χ3n) is 3.40. The van der Waals surface area contributed by atoms with Crippen molar-refractivity contribution < 1.29 is 14.3 Å². The Labute approximate surface area is 152 Å². The van der Waals surface area contributed by atoms with Crippen LogP contribution in [0.4, 0.5) is 0 Å². The van der Waals surface area contributed by atoms with E-state index < -0.39 is 5.91 Å². The molecule has 7 nitrogen and oxygen atoms in total. The lowest BCUT2D eigenvalue weighted by Gasteiger charge is -2.10. The summed E-state index contributed by atoms with van der Waals surface area (Å²) in [6.07, 6.45) is 0. The molecule has 0 aliphatic heterocycles. The van der Waals surface area contributed by atoms with Crippen LogP contribution in [0.2, 0.25) is 0 Å². The molecule has 3 rings (SSSR count). The first-order chi connectivity index (χ1) is 12.0. The molecular weight excluding hydrogens is 360 g/mol. The number of nitrogens with zero attached hydrogens (tertiary/aromatic N) is 3. The lowest BCUT2D eigenvalue weighted by molar-refractivity contribution is -0.115. The Kier molecular flexibility index (Phi) is 5.05. The fourth-order valence-corrected chi connectivity index (χ4v) is 3.98. The predicted molar refractivity (Wildman–Crippen MR) is 98.4 cm³/mol. The van der Waals surface area contributed by atoms with Crippen LogP contribution in [0.25, 0.3) is 21.5 Å². The molecule has 2 heterocycles. The Morgan fingerprint density at radius 1 is 1.24 bits per heavy atom. The van der Waals surface area contributed by atoms with Gasteiger partial charge in [-0.2, -0.15) is 0 Å². The van der Waals surface area contributed by atoms with Crippen LogP contribution in [-0.4, -0.2) is 41.1 Å². The standard InChI is InChI=1S/C16H16N4O3S2/c1-8-18-14-15(25-8)13(19-20-16(14)24-7-12(17)21)9-4-5-10(22-2)11(6-9)23-3/h4-6H,7H2,1-3H3,(H2,17,21). The fourth-order valence-electron chi connectivity index (χ4n) is 2.33. The van der Waals surface area contributed by atoms with Crippen LogP contribution in [0.1, 0.15) is 5.01 Å². The number of nitrogens with two attached hydrogens (primary N) is 1. The van der Waals surface area contributed by atoms with Gasteiger partial charge >= 0.3 is 0 Å². The first kappa shape index (κ1) is 17.4. The molecule has 130 valence electrons. The molecule has 0 spiro atoms. The molecule has 0 bridgehead atoms. The van der Waals surface area contributed by atoms with Crippen LogP contribution in [0.15, 0.2) is 23.2 Å². The van der Waals surface area contributed by atoms with E-state index in [-0.39, 0.29) is 5.75 Å². The maximum atomic E-state index is 11.0. The van der Waals surface area contributed by atoms with Gasteiger partial charge in [0.2, 0.25) is 5.91 Å². The number of ether oxygens (including phenoxy) is 2. The van der Waals surface area contributed by atoms with Crippen LogP contribution >= 0.6 is 23.1 Å². The Morgan fingerprint density at radius 2 is 2.00 bits per heavy atom. The van der Waals surface area contributed by atoms with Gasteiger partial charge in [-0.1, -0.05) is 11.8 Å². The minimum absolute atomic E-state index is 0.135. The van der Waals surface area contributed by atoms with E-state index in [0.717, 1.165) is 20.8 Å². The van der Waals surface area contributed by atoms with Gasteiger partial charge in [0, 0.05) is 5.56 Å². The highest BCUT2D eigenvalue weighted by Crippen LogP contribution is 2.38. The van der Waals surface area contributed by atoms with E-state index >= 15 is 0 Å². The molecule has 25 heavy (non-hydrogen) atoms. The minimum atomic E-state index is -0.407. The lowest BCUT2D eigenvalue weighted by atomic mass is 10.1. The number of hydrogen-bond acceptors (Lipinski definition) is 8. The third-order valence-corrected chi connectivity index (χ3v) is 5.36. The van der Waals surface area contributed by atoms with Crippen LogP contribution < -0.4 is 15.2 Å². The average molecular weight is 376 g/mol. The van der Waals surface area contributed by atoms with Gasteiger partial charge in [-0.3, -0.25) is 4.79 Å². The molecule has 3 aromatic rings. The summed E-state index contributed by atoms with van der Waals surface area (Å²) in [6.45, 7) is 1.92. The van der Waals surface area contributed by atoms with E-state index in [0.29, 0.717) is 22.2 Å². The Morgan fingerprint density at radius 3 is 2.68 bits per heavy atom. The summed E-state index contributed by atoms with van der Waals surface area (Å²) >= 11 is 2.77. The summed E-state index contributed by atoms with van der Waals surface area (Å²) in [5, 5.41) is 10.1. The number of hydrogen-bond donors (Lipinski definition) is 1. The zero-order chi connectivity index (χ0) is 18.0. The maximum absolute atomic E-state index is 11.0. The molecular formula is C16H16N4O3S2. The van der Waals surface area contributed by atoms with E-state index in [4.69, 9.17) is 15.2 Å². The number of fused-ring (bicyclic) bond motifs is 1. The number of thioether (sulfide) groups is 1. The number of rotatable bonds is 6. The highest BCUT2D eigenvalue weighted by atomic mass is 32.2. The molecule has 1 amide bonds. The summed E-state index contributed by atoms with van der Waals surface area (Å²) in [4.78, 5) is 15.6. The van der Waals surface area contributed by atoms with Crippen molar-refractivity contribution in [1.82, 2.24) is 15.2 Å². The molecule has 9 heteroatoms. The highest BCUT2D eigenvalue weighted by molar-refractivity contribution is 8.00. The third kappa shape index (κ3) is 3.52. The molecule has 0 saturated carbocycles. The minimum Gasteiger partial charge on any atom is -0.493 e. The van der Waals surface area contributed by atoms with Gasteiger partial charge in [0.15, 0.2) is 11.5 Å². The van der Waals surface area contributed by atoms with Crippen molar-refractivity contribution in [2.45, 2.75) is 11.9 Å². The molecule has 1 aromatic carbocycles. The molecule has 2 aromatic heterocycles. The summed E-state index contributed by atoms with van der Waals surface area (Å²) in [5.74, 6) is 0.986. The lowest BCUT2D eigenvalue weighted by Crippen LogP contribution is -2.13. The average Bonchev–Trinajstić information content (AvgIpc) is 3.00. The quantitative estimate of drug-likeness (QED) is 0.660. The first-order valence-corrected chi connectivity index (χ1v) is 9.11. The molecule has 2 N–H and O–H groups in total. The largest absolute Gasteiger partial charge is 0.493 e. The monoisotopic (exact) mass is 376 g/mol. The summed E-state index contributed by atoms with van der Waals surface area (Å²) < 4.78 is 11.5. The van der Waals surface area contributed by atoms with Crippen molar-refractivity contribution in [3.63, 3.8) is 0 Å². The van der Waals surface area contributed by atoms with E-state index in [2.05, 4.69) is 15.2 Å². The number of carbonyl (C=O) groups excluding carboxylic acids is 1. The Bertz CT molecular complexity index is 943. The second-order valence-electron chi connectivity index (χ2n) is 5.09. The normalized spacial score (nSPS) is 10.8. The number of primary amides is 1. The molecule has 0 saturated heterocycles. The van der Waals surface area contributed by atoms with Gasteiger partial charge in [0.25, 0.3) is 0 Å². The second-order valence-corrected chi connectivity index (χ2v) is 7.26. The first-order valence-electron chi connectivity index (χ1n) is 7.30. The zero-order valence-corrected chi connectivity index (χ0v) is 15.5. The van der Waals surface area contributed by atoms with Gasteiger partial charge in [-0.15, -0.1) is 21.5 Å². The van der Waals surface area contributed by atoms with E-state index in [9.17, 15) is 4.79 Å². The van der Waals surface area contributed by atoms with Crippen molar-refractivity contribution in [2.75, 3.05) is 20.0 Å².